The van der Waals surface area contributed by atoms with E-state index in [0.29, 0.717) is 12.8 Å². The normalized spacial score (nSPS) is 20.8. The summed E-state index contributed by atoms with van der Waals surface area (Å²) in [5, 5.41) is -0.257. The van der Waals surface area contributed by atoms with E-state index in [0.717, 1.165) is 11.8 Å². The number of hydrogen-bond donors (Lipinski definition) is 0. The molecule has 0 spiro atoms. The van der Waals surface area contributed by atoms with Crippen LogP contribution in [0.5, 0.6) is 0 Å². The van der Waals surface area contributed by atoms with E-state index in [9.17, 15) is 22.4 Å². The van der Waals surface area contributed by atoms with Crippen LogP contribution in [0.25, 0.3) is 0 Å². The van der Waals surface area contributed by atoms with Crippen LogP contribution in [0.1, 0.15) is 18.4 Å². The minimum Gasteiger partial charge on any atom is -0.273 e. The summed E-state index contributed by atoms with van der Waals surface area (Å²) in [6.45, 7) is 0.451. The van der Waals surface area contributed by atoms with E-state index >= 15 is 0 Å². The average molecular weight is 372 g/mol. The van der Waals surface area contributed by atoms with Crippen LogP contribution in [0.15, 0.2) is 24.3 Å². The molecule has 3 rings (SSSR count). The Morgan fingerprint density at radius 2 is 1.83 bits per heavy atom. The molecular weight excluding hydrogens is 355 g/mol. The Morgan fingerprint density at radius 1 is 1.17 bits per heavy atom. The predicted octanol–water partition coefficient (Wildman–Crippen LogP) is 1.82. The molecule has 0 N–H and O–H groups in total. The van der Waals surface area contributed by atoms with Gasteiger partial charge in [-0.3, -0.25) is 14.5 Å². The first-order valence-electron chi connectivity index (χ1n) is 7.58. The van der Waals surface area contributed by atoms with Gasteiger partial charge in [0.2, 0.25) is 15.9 Å². The number of imide groups is 1. The Kier molecular flexibility index (Phi) is 4.93. The molecule has 0 saturated carbocycles. The van der Waals surface area contributed by atoms with Gasteiger partial charge < -0.3 is 0 Å². The quantitative estimate of drug-likeness (QED) is 0.806. The molecule has 130 valence electrons. The third-order valence-corrected chi connectivity index (χ3v) is 6.92. The van der Waals surface area contributed by atoms with Crippen LogP contribution < -0.4 is 0 Å². The molecule has 0 unspecified atom stereocenters. The monoisotopic (exact) mass is 372 g/mol. The number of nitrogens with zero attached hydrogens (tertiary/aromatic N) is 2. The lowest BCUT2D eigenvalue weighted by molar-refractivity contribution is -0.126. The van der Waals surface area contributed by atoms with Crippen molar-refractivity contribution >= 4 is 32.9 Å². The summed E-state index contributed by atoms with van der Waals surface area (Å²) in [6, 6.07) is 5.55. The van der Waals surface area contributed by atoms with Crippen LogP contribution in [-0.4, -0.2) is 53.7 Å². The molecule has 0 atom stereocenters. The minimum atomic E-state index is -3.63. The molecule has 0 aromatic heterocycles. The molecule has 9 heteroatoms. The number of carbonyl (C=O) groups is 2. The molecule has 2 heterocycles. The van der Waals surface area contributed by atoms with Crippen molar-refractivity contribution in [2.75, 3.05) is 18.8 Å². The number of halogens is 1. The Labute approximate surface area is 144 Å². The molecule has 2 fully saturated rings. The Balaban J connectivity index is 1.64. The summed E-state index contributed by atoms with van der Waals surface area (Å²) in [4.78, 5) is 24.7. The molecule has 24 heavy (non-hydrogen) atoms. The Bertz CT molecular complexity index is 744. The van der Waals surface area contributed by atoms with Crippen molar-refractivity contribution < 1.29 is 22.4 Å². The highest BCUT2D eigenvalue weighted by molar-refractivity contribution is 8.14. The smallest absolute Gasteiger partial charge is 0.273 e. The van der Waals surface area contributed by atoms with Crippen molar-refractivity contribution in [3.8, 4) is 0 Å². The van der Waals surface area contributed by atoms with Gasteiger partial charge in [-0.25, -0.2) is 17.1 Å². The summed E-state index contributed by atoms with van der Waals surface area (Å²) < 4.78 is 39.9. The van der Waals surface area contributed by atoms with E-state index in [1.54, 1.807) is 6.07 Å². The third kappa shape index (κ3) is 3.47. The number of carbonyl (C=O) groups excluding carboxylic acids is 2. The van der Waals surface area contributed by atoms with Crippen LogP contribution in [0.3, 0.4) is 0 Å². The van der Waals surface area contributed by atoms with Crippen molar-refractivity contribution in [1.29, 1.82) is 0 Å². The lowest BCUT2D eigenvalue weighted by Gasteiger charge is -2.34. The van der Waals surface area contributed by atoms with Crippen LogP contribution in [-0.2, 0) is 20.6 Å². The number of thioether (sulfide) groups is 1. The van der Waals surface area contributed by atoms with Gasteiger partial charge in [-0.2, -0.15) is 0 Å². The van der Waals surface area contributed by atoms with Gasteiger partial charge in [-0.15, -0.1) is 0 Å². The maximum Gasteiger partial charge on any atom is 0.289 e. The molecule has 2 aliphatic rings. The number of hydrogen-bond acceptors (Lipinski definition) is 5. The summed E-state index contributed by atoms with van der Waals surface area (Å²) in [5.41, 5.74) is 0.140. The molecule has 1 aromatic rings. The second-order valence-corrected chi connectivity index (χ2v) is 8.69. The lowest BCUT2D eigenvalue weighted by atomic mass is 10.1. The zero-order valence-electron chi connectivity index (χ0n) is 12.9. The van der Waals surface area contributed by atoms with Crippen molar-refractivity contribution in [2.45, 2.75) is 24.6 Å². The molecule has 1 aromatic carbocycles. The number of sulfonamides is 1. The molecule has 0 radical (unpaired) electrons. The molecule has 2 aliphatic heterocycles. The van der Waals surface area contributed by atoms with E-state index in [4.69, 9.17) is 0 Å². The second kappa shape index (κ2) is 6.81. The van der Waals surface area contributed by atoms with Crippen LogP contribution in [0.4, 0.5) is 9.18 Å². The maximum atomic E-state index is 13.7. The molecule has 2 amide bonds. The lowest BCUT2D eigenvalue weighted by Crippen LogP contribution is -2.48. The van der Waals surface area contributed by atoms with Gasteiger partial charge in [0.05, 0.1) is 11.5 Å². The van der Waals surface area contributed by atoms with E-state index in [2.05, 4.69) is 0 Å². The molecule has 0 bridgehead atoms. The Morgan fingerprint density at radius 3 is 2.42 bits per heavy atom. The average Bonchev–Trinajstić information content (AvgIpc) is 2.88. The fraction of sp³-hybridized carbons (Fsp3) is 0.467. The fourth-order valence-electron chi connectivity index (χ4n) is 3.00. The van der Waals surface area contributed by atoms with Gasteiger partial charge in [-0.1, -0.05) is 30.0 Å². The minimum absolute atomic E-state index is 0.140. The maximum absolute atomic E-state index is 13.7. The summed E-state index contributed by atoms with van der Waals surface area (Å²) in [6.07, 6.45) is 0.823. The predicted molar refractivity (Wildman–Crippen MR) is 88.3 cm³/mol. The van der Waals surface area contributed by atoms with E-state index in [-0.39, 0.29) is 47.3 Å². The summed E-state index contributed by atoms with van der Waals surface area (Å²) in [5.74, 6) is -0.981. The van der Waals surface area contributed by atoms with Crippen LogP contribution in [0, 0.1) is 5.82 Å². The van der Waals surface area contributed by atoms with Crippen molar-refractivity contribution in [3.63, 3.8) is 0 Å². The second-order valence-electron chi connectivity index (χ2n) is 5.80. The van der Waals surface area contributed by atoms with E-state index in [1.807, 2.05) is 0 Å². The van der Waals surface area contributed by atoms with Crippen LogP contribution in [0.2, 0.25) is 0 Å². The number of benzene rings is 1. The van der Waals surface area contributed by atoms with Crippen molar-refractivity contribution in [3.05, 3.63) is 35.6 Å². The van der Waals surface area contributed by atoms with Gasteiger partial charge in [-0.05, 0) is 18.9 Å². The number of piperidine rings is 1. The van der Waals surface area contributed by atoms with Gasteiger partial charge in [0.15, 0.2) is 0 Å². The highest BCUT2D eigenvalue weighted by Crippen LogP contribution is 2.28. The van der Waals surface area contributed by atoms with Gasteiger partial charge in [0, 0.05) is 24.7 Å². The highest BCUT2D eigenvalue weighted by Gasteiger charge is 2.39. The molecule has 6 nitrogen and oxygen atoms in total. The SMILES string of the molecule is O=C1CSC(=O)N1C1CCN(S(=O)(=O)Cc2ccccc2F)CC1. The van der Waals surface area contributed by atoms with Crippen molar-refractivity contribution in [2.24, 2.45) is 0 Å². The van der Waals surface area contributed by atoms with Crippen LogP contribution >= 0.6 is 11.8 Å². The van der Waals surface area contributed by atoms with Gasteiger partial charge in [0.25, 0.3) is 5.24 Å². The zero-order valence-corrected chi connectivity index (χ0v) is 14.5. The standard InChI is InChI=1S/C15H17FN2O4S2/c16-13-4-2-1-3-11(13)10-24(21,22)17-7-5-12(6-8-17)18-14(19)9-23-15(18)20/h1-4,12H,5-10H2. The fourth-order valence-corrected chi connectivity index (χ4v) is 5.35. The van der Waals surface area contributed by atoms with Gasteiger partial charge in [0.1, 0.15) is 5.82 Å². The largest absolute Gasteiger partial charge is 0.289 e. The van der Waals surface area contributed by atoms with Gasteiger partial charge >= 0.3 is 0 Å². The van der Waals surface area contributed by atoms with Crippen molar-refractivity contribution in [1.82, 2.24) is 9.21 Å². The molecule has 2 saturated heterocycles. The number of amides is 2. The molecule has 0 aliphatic carbocycles. The first-order chi connectivity index (χ1) is 11.4. The summed E-state index contributed by atoms with van der Waals surface area (Å²) in [7, 11) is -3.63. The first-order valence-corrected chi connectivity index (χ1v) is 10.2. The number of rotatable bonds is 4. The topological polar surface area (TPSA) is 74.8 Å². The van der Waals surface area contributed by atoms with E-state index < -0.39 is 15.8 Å². The Hall–Kier alpha value is -1.45. The van der Waals surface area contributed by atoms with E-state index in [1.165, 1.54) is 27.4 Å². The highest BCUT2D eigenvalue weighted by atomic mass is 32.2. The molecular formula is C15H17FN2O4S2. The zero-order chi connectivity index (χ0) is 17.3. The third-order valence-electron chi connectivity index (χ3n) is 4.26. The summed E-state index contributed by atoms with van der Waals surface area (Å²) >= 11 is 0.981. The first kappa shape index (κ1) is 17.4.